The lowest BCUT2D eigenvalue weighted by molar-refractivity contribution is -0.164. The zero-order valence-corrected chi connectivity index (χ0v) is 16.9. The van der Waals surface area contributed by atoms with Crippen molar-refractivity contribution < 1.29 is 28.2 Å². The Labute approximate surface area is 174 Å². The van der Waals surface area contributed by atoms with Crippen molar-refractivity contribution in [2.75, 3.05) is 14.2 Å². The third-order valence-electron chi connectivity index (χ3n) is 6.36. The first-order valence-electron chi connectivity index (χ1n) is 10.0. The second-order valence-corrected chi connectivity index (χ2v) is 8.06. The summed E-state index contributed by atoms with van der Waals surface area (Å²) >= 11 is 0. The highest BCUT2D eigenvalue weighted by molar-refractivity contribution is 5.74. The number of hydrogen-bond donors (Lipinski definition) is 1. The zero-order chi connectivity index (χ0) is 21.4. The van der Waals surface area contributed by atoms with Crippen LogP contribution < -0.4 is 0 Å². The lowest BCUT2D eigenvalue weighted by atomic mass is 9.86. The molecule has 7 heteroatoms. The van der Waals surface area contributed by atoms with Crippen LogP contribution in [0, 0.1) is 17.6 Å². The van der Waals surface area contributed by atoms with Crippen LogP contribution in [0.1, 0.15) is 30.1 Å². The van der Waals surface area contributed by atoms with E-state index in [1.165, 1.54) is 31.4 Å². The first-order chi connectivity index (χ1) is 14.4. The summed E-state index contributed by atoms with van der Waals surface area (Å²) in [6.45, 7) is 0. The lowest BCUT2D eigenvalue weighted by Gasteiger charge is -2.42. The van der Waals surface area contributed by atoms with Gasteiger partial charge in [0.2, 0.25) is 0 Å². The highest BCUT2D eigenvalue weighted by Crippen LogP contribution is 2.42. The molecule has 0 amide bonds. The number of aliphatic hydroxyl groups is 1. The number of carbonyl (C=O) groups is 1. The minimum atomic E-state index is -0.669. The van der Waals surface area contributed by atoms with Crippen molar-refractivity contribution in [3.8, 4) is 0 Å². The van der Waals surface area contributed by atoms with Gasteiger partial charge in [-0.3, -0.25) is 9.69 Å². The van der Waals surface area contributed by atoms with Crippen LogP contribution in [0.3, 0.4) is 0 Å². The van der Waals surface area contributed by atoms with Gasteiger partial charge in [-0.2, -0.15) is 0 Å². The summed E-state index contributed by atoms with van der Waals surface area (Å²) in [4.78, 5) is 14.7. The fraction of sp³-hybridized carbons (Fsp3) is 0.435. The van der Waals surface area contributed by atoms with Gasteiger partial charge >= 0.3 is 5.97 Å². The monoisotopic (exact) mass is 417 g/mol. The van der Waals surface area contributed by atoms with Crippen molar-refractivity contribution >= 4 is 5.97 Å². The second kappa shape index (κ2) is 8.41. The number of benzene rings is 2. The molecule has 2 aliphatic rings. The molecule has 2 aromatic carbocycles. The number of halogens is 2. The molecule has 4 rings (SSSR count). The van der Waals surface area contributed by atoms with Crippen LogP contribution in [-0.4, -0.2) is 54.4 Å². The predicted molar refractivity (Wildman–Crippen MR) is 106 cm³/mol. The van der Waals surface area contributed by atoms with Gasteiger partial charge in [-0.25, -0.2) is 8.78 Å². The first-order valence-corrected chi connectivity index (χ1v) is 10.0. The zero-order valence-electron chi connectivity index (χ0n) is 16.9. The van der Waals surface area contributed by atoms with E-state index in [0.29, 0.717) is 24.0 Å². The highest BCUT2D eigenvalue weighted by Gasteiger charge is 2.54. The molecule has 0 saturated carbocycles. The Morgan fingerprint density at radius 2 is 1.57 bits per heavy atom. The third kappa shape index (κ3) is 3.85. The topological polar surface area (TPSA) is 59.0 Å². The molecule has 0 aromatic heterocycles. The summed E-state index contributed by atoms with van der Waals surface area (Å²) in [6, 6.07) is 11.5. The molecule has 5 atom stereocenters. The maximum atomic E-state index is 13.5. The van der Waals surface area contributed by atoms with Crippen molar-refractivity contribution in [2.45, 2.75) is 43.2 Å². The number of methoxy groups -OCH3 is 1. The Morgan fingerprint density at radius 1 is 1.03 bits per heavy atom. The largest absolute Gasteiger partial charge is 0.469 e. The molecular weight excluding hydrogens is 392 g/mol. The van der Waals surface area contributed by atoms with Crippen molar-refractivity contribution in [1.29, 1.82) is 0 Å². The number of fused-ring (bicyclic) bond motifs is 2. The molecule has 5 nitrogen and oxygen atoms in total. The molecule has 2 heterocycles. The van der Waals surface area contributed by atoms with Crippen LogP contribution in [0.5, 0.6) is 0 Å². The third-order valence-corrected chi connectivity index (χ3v) is 6.36. The van der Waals surface area contributed by atoms with Crippen LogP contribution in [0.2, 0.25) is 0 Å². The number of esters is 1. The average molecular weight is 417 g/mol. The van der Waals surface area contributed by atoms with Crippen LogP contribution in [0.25, 0.3) is 0 Å². The number of rotatable bonds is 5. The van der Waals surface area contributed by atoms with Gasteiger partial charge in [0.1, 0.15) is 23.7 Å². The van der Waals surface area contributed by atoms with Gasteiger partial charge < -0.3 is 14.6 Å². The quantitative estimate of drug-likeness (QED) is 0.758. The van der Waals surface area contributed by atoms with Crippen molar-refractivity contribution in [2.24, 2.45) is 5.92 Å². The standard InChI is InChI=1S/C23H25F2NO4/c1-26-17-11-18(27)21(26)20(23(28)29-2)19(12-17)30-22(13-3-7-15(24)8-4-13)14-5-9-16(25)10-6-14/h3-10,17-22,27H,11-12H2,1-2H3/t17-,18-,19-,20+,21-/m1/s1. The minimum absolute atomic E-state index is 0.0815. The summed E-state index contributed by atoms with van der Waals surface area (Å²) < 4.78 is 38.5. The summed E-state index contributed by atoms with van der Waals surface area (Å²) in [6.07, 6.45) is -0.674. The number of ether oxygens (including phenoxy) is 2. The number of piperidine rings is 1. The Bertz CT molecular complexity index is 844. The lowest BCUT2D eigenvalue weighted by Crippen LogP contribution is -2.55. The molecule has 30 heavy (non-hydrogen) atoms. The fourth-order valence-corrected chi connectivity index (χ4v) is 4.86. The van der Waals surface area contributed by atoms with Crippen molar-refractivity contribution in [3.63, 3.8) is 0 Å². The molecule has 160 valence electrons. The molecule has 0 aliphatic carbocycles. The molecule has 0 spiro atoms. The van der Waals surface area contributed by atoms with Crippen LogP contribution in [0.15, 0.2) is 48.5 Å². The van der Waals surface area contributed by atoms with Crippen molar-refractivity contribution in [1.82, 2.24) is 4.90 Å². The molecule has 2 fully saturated rings. The summed E-state index contributed by atoms with van der Waals surface area (Å²) in [5.74, 6) is -1.85. The van der Waals surface area contributed by atoms with Gasteiger partial charge in [0.15, 0.2) is 0 Å². The Morgan fingerprint density at radius 3 is 2.07 bits per heavy atom. The minimum Gasteiger partial charge on any atom is -0.469 e. The molecule has 2 aliphatic heterocycles. The van der Waals surface area contributed by atoms with Crippen molar-refractivity contribution in [3.05, 3.63) is 71.3 Å². The molecule has 2 aromatic rings. The summed E-state index contributed by atoms with van der Waals surface area (Å²) in [5.41, 5.74) is 1.39. The van der Waals surface area contributed by atoms with Gasteiger partial charge in [0.05, 0.1) is 25.4 Å². The highest BCUT2D eigenvalue weighted by atomic mass is 19.1. The van der Waals surface area contributed by atoms with E-state index >= 15 is 0 Å². The Kier molecular flexibility index (Phi) is 5.86. The van der Waals surface area contributed by atoms with Gasteiger partial charge in [-0.05, 0) is 55.3 Å². The molecular formula is C23H25F2NO4. The number of hydrogen-bond acceptors (Lipinski definition) is 5. The van der Waals surface area contributed by atoms with Gasteiger partial charge in [-0.15, -0.1) is 0 Å². The SMILES string of the molecule is COC(=O)[C@@H]1[C@H]2[C@H](O)C[C@H](C[C@H]1OC(c1ccc(F)cc1)c1ccc(F)cc1)N2C. The van der Waals surface area contributed by atoms with E-state index < -0.39 is 36.2 Å². The van der Waals surface area contributed by atoms with E-state index in [-0.39, 0.29) is 17.7 Å². The normalized spacial score (nSPS) is 28.7. The van der Waals surface area contributed by atoms with Gasteiger partial charge in [-0.1, -0.05) is 24.3 Å². The summed E-state index contributed by atoms with van der Waals surface area (Å²) in [5, 5.41) is 10.5. The van der Waals surface area contributed by atoms with E-state index in [9.17, 15) is 18.7 Å². The maximum absolute atomic E-state index is 13.5. The molecule has 2 saturated heterocycles. The average Bonchev–Trinajstić information content (AvgIpc) is 2.92. The van der Waals surface area contributed by atoms with E-state index in [2.05, 4.69) is 0 Å². The number of aliphatic hydroxyl groups excluding tert-OH is 1. The molecule has 1 N–H and O–H groups in total. The van der Waals surface area contributed by atoms with E-state index in [1.807, 2.05) is 11.9 Å². The smallest absolute Gasteiger partial charge is 0.313 e. The first kappa shape index (κ1) is 20.9. The maximum Gasteiger partial charge on any atom is 0.313 e. The molecule has 0 unspecified atom stereocenters. The van der Waals surface area contributed by atoms with E-state index in [0.717, 1.165) is 0 Å². The van der Waals surface area contributed by atoms with E-state index in [4.69, 9.17) is 9.47 Å². The predicted octanol–water partition coefficient (Wildman–Crippen LogP) is 3.07. The van der Waals surface area contributed by atoms with Crippen LogP contribution >= 0.6 is 0 Å². The molecule has 0 radical (unpaired) electrons. The number of nitrogens with zero attached hydrogens (tertiary/aromatic N) is 1. The molecule has 2 bridgehead atoms. The van der Waals surface area contributed by atoms with Gasteiger partial charge in [0, 0.05) is 6.04 Å². The van der Waals surface area contributed by atoms with E-state index in [1.54, 1.807) is 24.3 Å². The number of likely N-dealkylation sites (N-methyl/N-ethyl adjacent to an activating group) is 1. The Balaban J connectivity index is 1.70. The Hall–Kier alpha value is -2.35. The fourth-order valence-electron chi connectivity index (χ4n) is 4.86. The van der Waals surface area contributed by atoms with Gasteiger partial charge in [0.25, 0.3) is 0 Å². The van der Waals surface area contributed by atoms with Crippen LogP contribution in [0.4, 0.5) is 8.78 Å². The second-order valence-electron chi connectivity index (χ2n) is 8.06. The van der Waals surface area contributed by atoms with Crippen LogP contribution in [-0.2, 0) is 14.3 Å². The number of carbonyl (C=O) groups excluding carboxylic acids is 1. The summed E-state index contributed by atoms with van der Waals surface area (Å²) in [7, 11) is 3.22.